The van der Waals surface area contributed by atoms with Crippen LogP contribution in [-0.4, -0.2) is 38.6 Å². The highest BCUT2D eigenvalue weighted by Gasteiger charge is 2.34. The molecule has 0 spiro atoms. The molecule has 0 saturated carbocycles. The molecule has 33 heavy (non-hydrogen) atoms. The third kappa shape index (κ3) is 5.83. The van der Waals surface area contributed by atoms with Crippen molar-refractivity contribution in [3.63, 3.8) is 0 Å². The number of aliphatic hydroxyl groups is 1. The van der Waals surface area contributed by atoms with Crippen LogP contribution >= 0.6 is 11.8 Å². The first kappa shape index (κ1) is 23.1. The van der Waals surface area contributed by atoms with Crippen molar-refractivity contribution in [2.45, 2.75) is 18.7 Å². The summed E-state index contributed by atoms with van der Waals surface area (Å²) in [5.41, 5.74) is 1.69. The lowest BCUT2D eigenvalue weighted by Crippen LogP contribution is -2.31. The van der Waals surface area contributed by atoms with Crippen molar-refractivity contribution in [2.75, 3.05) is 0 Å². The molecule has 1 unspecified atom stereocenters. The van der Waals surface area contributed by atoms with Crippen LogP contribution in [0.4, 0.5) is 4.39 Å². The van der Waals surface area contributed by atoms with E-state index in [4.69, 9.17) is 4.74 Å². The number of amides is 1. The molecule has 4 rings (SSSR count). The predicted molar refractivity (Wildman–Crippen MR) is 126 cm³/mol. The van der Waals surface area contributed by atoms with Crippen LogP contribution in [0.2, 0.25) is 0 Å². The monoisotopic (exact) mass is 465 g/mol. The molecule has 1 amide bonds. The molecule has 0 aromatic heterocycles. The number of carbonyl (C=O) groups excluding carboxylic acids is 1. The molecule has 1 fully saturated rings. The molecule has 168 valence electrons. The van der Waals surface area contributed by atoms with Gasteiger partial charge in [0.1, 0.15) is 18.2 Å². The van der Waals surface area contributed by atoms with E-state index >= 15 is 0 Å². The van der Waals surface area contributed by atoms with E-state index in [9.17, 15) is 24.3 Å². The topological polar surface area (TPSA) is 90.2 Å². The lowest BCUT2D eigenvalue weighted by Gasteiger charge is -2.18. The lowest BCUT2D eigenvalue weighted by atomic mass is 9.80. The highest BCUT2D eigenvalue weighted by molar-refractivity contribution is 8.05. The van der Waals surface area contributed by atoms with Gasteiger partial charge in [-0.1, -0.05) is 60.3 Å². The molecule has 1 atom stereocenters. The SMILES string of the molecule is O=C1/C(=C/c2ccc(OCc3cccc(B(O)O)c3)cc2)SC(O)N1Cc1ccc(F)cc1. The highest BCUT2D eigenvalue weighted by Crippen LogP contribution is 2.36. The van der Waals surface area contributed by atoms with Gasteiger partial charge in [0.2, 0.25) is 0 Å². The second-order valence-electron chi connectivity index (χ2n) is 7.49. The van der Waals surface area contributed by atoms with Gasteiger partial charge in [0.15, 0.2) is 5.56 Å². The van der Waals surface area contributed by atoms with E-state index in [1.807, 2.05) is 6.07 Å². The smallest absolute Gasteiger partial charge is 0.488 e. The Morgan fingerprint density at radius 3 is 2.45 bits per heavy atom. The van der Waals surface area contributed by atoms with Gasteiger partial charge in [-0.05, 0) is 52.5 Å². The van der Waals surface area contributed by atoms with Crippen LogP contribution in [0.15, 0.2) is 77.7 Å². The number of ether oxygens (including phenoxy) is 1. The van der Waals surface area contributed by atoms with Crippen molar-refractivity contribution in [2.24, 2.45) is 0 Å². The van der Waals surface area contributed by atoms with E-state index in [1.54, 1.807) is 60.7 Å². The molecule has 0 radical (unpaired) electrons. The lowest BCUT2D eigenvalue weighted by molar-refractivity contribution is -0.130. The number of rotatable bonds is 7. The standard InChI is InChI=1S/C24H21BFNO5S/c26-20-8-4-17(5-9-20)14-27-23(28)22(33-24(27)29)13-16-6-10-21(11-7-16)32-15-18-2-1-3-19(12-18)25(30)31/h1-13,24,29-31H,14-15H2/b22-13-. The van der Waals surface area contributed by atoms with E-state index in [0.717, 1.165) is 28.5 Å². The Balaban J connectivity index is 1.38. The van der Waals surface area contributed by atoms with Crippen LogP contribution < -0.4 is 10.2 Å². The molecule has 0 aliphatic carbocycles. The fourth-order valence-corrected chi connectivity index (χ4v) is 4.27. The first-order valence-corrected chi connectivity index (χ1v) is 11.1. The van der Waals surface area contributed by atoms with Crippen molar-refractivity contribution in [3.05, 3.63) is 100 Å². The van der Waals surface area contributed by atoms with Gasteiger partial charge in [0, 0.05) is 6.54 Å². The average molecular weight is 465 g/mol. The van der Waals surface area contributed by atoms with E-state index in [-0.39, 0.29) is 24.9 Å². The predicted octanol–water partition coefficient (Wildman–Crippen LogP) is 2.48. The summed E-state index contributed by atoms with van der Waals surface area (Å²) in [6.07, 6.45) is 1.71. The van der Waals surface area contributed by atoms with Gasteiger partial charge < -0.3 is 19.9 Å². The van der Waals surface area contributed by atoms with Crippen molar-refractivity contribution in [1.82, 2.24) is 4.90 Å². The van der Waals surface area contributed by atoms with Crippen molar-refractivity contribution >= 4 is 36.3 Å². The number of benzene rings is 3. The Bertz CT molecular complexity index is 1150. The molecule has 1 heterocycles. The largest absolute Gasteiger partial charge is 0.489 e. The summed E-state index contributed by atoms with van der Waals surface area (Å²) in [6.45, 7) is 0.450. The number of aliphatic hydroxyl groups excluding tert-OH is 1. The van der Waals surface area contributed by atoms with E-state index in [0.29, 0.717) is 16.1 Å². The maximum absolute atomic E-state index is 13.1. The number of nitrogens with zero attached hydrogens (tertiary/aromatic N) is 1. The summed E-state index contributed by atoms with van der Waals surface area (Å²) in [7, 11) is -1.53. The highest BCUT2D eigenvalue weighted by atomic mass is 32.2. The summed E-state index contributed by atoms with van der Waals surface area (Å²) >= 11 is 1.06. The van der Waals surface area contributed by atoms with E-state index in [2.05, 4.69) is 0 Å². The molecule has 1 aliphatic rings. The second-order valence-corrected chi connectivity index (χ2v) is 8.59. The molecule has 0 bridgehead atoms. The minimum absolute atomic E-state index is 0.186. The Morgan fingerprint density at radius 1 is 1.03 bits per heavy atom. The van der Waals surface area contributed by atoms with Crippen molar-refractivity contribution in [1.29, 1.82) is 0 Å². The van der Waals surface area contributed by atoms with E-state index < -0.39 is 12.7 Å². The quantitative estimate of drug-likeness (QED) is 0.367. The molecule has 3 N–H and O–H groups in total. The normalized spacial score (nSPS) is 17.0. The Morgan fingerprint density at radius 2 is 1.76 bits per heavy atom. The summed E-state index contributed by atoms with van der Waals surface area (Å²) in [4.78, 5) is 14.5. The summed E-state index contributed by atoms with van der Waals surface area (Å²) < 4.78 is 18.8. The summed E-state index contributed by atoms with van der Waals surface area (Å²) in [6, 6.07) is 19.8. The first-order valence-electron chi connectivity index (χ1n) is 10.2. The fraction of sp³-hybridized carbons (Fsp3) is 0.125. The maximum Gasteiger partial charge on any atom is 0.488 e. The summed E-state index contributed by atoms with van der Waals surface area (Å²) in [5.74, 6) is -0.0227. The van der Waals surface area contributed by atoms with Crippen LogP contribution in [0.3, 0.4) is 0 Å². The first-order chi connectivity index (χ1) is 15.9. The molecule has 3 aromatic carbocycles. The maximum atomic E-state index is 13.1. The van der Waals surface area contributed by atoms with Crippen LogP contribution in [0.5, 0.6) is 5.75 Å². The van der Waals surface area contributed by atoms with Gasteiger partial charge >= 0.3 is 7.12 Å². The number of hydrogen-bond donors (Lipinski definition) is 3. The third-order valence-corrected chi connectivity index (χ3v) is 6.08. The van der Waals surface area contributed by atoms with Crippen LogP contribution in [0.1, 0.15) is 16.7 Å². The van der Waals surface area contributed by atoms with Gasteiger partial charge in [-0.3, -0.25) is 9.69 Å². The second kappa shape index (κ2) is 10.2. The van der Waals surface area contributed by atoms with Crippen LogP contribution in [0, 0.1) is 5.82 Å². The average Bonchev–Trinajstić information content (AvgIpc) is 3.07. The van der Waals surface area contributed by atoms with Crippen molar-refractivity contribution in [3.8, 4) is 5.75 Å². The minimum Gasteiger partial charge on any atom is -0.489 e. The van der Waals surface area contributed by atoms with Gasteiger partial charge in [0.25, 0.3) is 5.91 Å². The van der Waals surface area contributed by atoms with Gasteiger partial charge in [-0.15, -0.1) is 0 Å². The molecule has 3 aromatic rings. The molecule has 1 aliphatic heterocycles. The van der Waals surface area contributed by atoms with Crippen LogP contribution in [-0.2, 0) is 17.9 Å². The molecular formula is C24H21BFNO5S. The minimum atomic E-state index is -1.53. The third-order valence-electron chi connectivity index (χ3n) is 5.07. The van der Waals surface area contributed by atoms with Gasteiger partial charge in [-0.25, -0.2) is 4.39 Å². The van der Waals surface area contributed by atoms with Gasteiger partial charge in [0.05, 0.1) is 4.91 Å². The summed E-state index contributed by atoms with van der Waals surface area (Å²) in [5, 5.41) is 28.8. The number of halogens is 1. The Labute approximate surface area is 195 Å². The van der Waals surface area contributed by atoms with E-state index in [1.165, 1.54) is 17.0 Å². The zero-order valence-electron chi connectivity index (χ0n) is 17.5. The number of hydrogen-bond acceptors (Lipinski definition) is 6. The van der Waals surface area contributed by atoms with Crippen LogP contribution in [0.25, 0.3) is 6.08 Å². The molecule has 1 saturated heterocycles. The fourth-order valence-electron chi connectivity index (χ4n) is 3.32. The molecule has 6 nitrogen and oxygen atoms in total. The molecular weight excluding hydrogens is 444 g/mol. The Hall–Kier alpha value is -3.11. The number of thioether (sulfide) groups is 1. The Kier molecular flexibility index (Phi) is 7.15. The van der Waals surface area contributed by atoms with Gasteiger partial charge in [-0.2, -0.15) is 0 Å². The zero-order chi connectivity index (χ0) is 23.4. The zero-order valence-corrected chi connectivity index (χ0v) is 18.3. The number of carbonyl (C=O) groups is 1. The van der Waals surface area contributed by atoms with Crippen molar-refractivity contribution < 1.29 is 29.1 Å². The molecule has 9 heteroatoms.